The SMILES string of the molecule is Cc1cccc(C#N)c1NCc1c(C)nn(C)c1C. The van der Waals surface area contributed by atoms with Gasteiger partial charge < -0.3 is 5.32 Å². The van der Waals surface area contributed by atoms with Crippen LogP contribution < -0.4 is 5.32 Å². The van der Waals surface area contributed by atoms with Gasteiger partial charge in [0.1, 0.15) is 6.07 Å². The Kier molecular flexibility index (Phi) is 3.57. The maximum absolute atomic E-state index is 9.15. The highest BCUT2D eigenvalue weighted by Crippen LogP contribution is 2.21. The monoisotopic (exact) mass is 254 g/mol. The molecule has 1 N–H and O–H groups in total. The van der Waals surface area contributed by atoms with Crippen molar-refractivity contribution in [3.8, 4) is 6.07 Å². The molecule has 0 bridgehead atoms. The number of aryl methyl sites for hydroxylation is 3. The van der Waals surface area contributed by atoms with Crippen molar-refractivity contribution in [1.82, 2.24) is 9.78 Å². The van der Waals surface area contributed by atoms with Crippen molar-refractivity contribution >= 4 is 5.69 Å². The minimum atomic E-state index is 0.680. The molecule has 0 aliphatic heterocycles. The van der Waals surface area contributed by atoms with Gasteiger partial charge in [0.2, 0.25) is 0 Å². The zero-order valence-corrected chi connectivity index (χ0v) is 11.8. The molecule has 2 rings (SSSR count). The van der Waals surface area contributed by atoms with Gasteiger partial charge in [0, 0.05) is 24.8 Å². The van der Waals surface area contributed by atoms with Crippen LogP contribution in [0.5, 0.6) is 0 Å². The predicted octanol–water partition coefficient (Wildman–Crippen LogP) is 2.83. The Bertz CT molecular complexity index is 647. The van der Waals surface area contributed by atoms with Crippen LogP contribution in [0.15, 0.2) is 18.2 Å². The van der Waals surface area contributed by atoms with Gasteiger partial charge in [-0.2, -0.15) is 10.4 Å². The van der Waals surface area contributed by atoms with Crippen LogP contribution in [0.1, 0.15) is 28.1 Å². The highest BCUT2D eigenvalue weighted by atomic mass is 15.3. The number of anilines is 1. The average Bonchev–Trinajstić information content (AvgIpc) is 2.62. The van der Waals surface area contributed by atoms with Gasteiger partial charge in [-0.05, 0) is 32.4 Å². The number of aromatic nitrogens is 2. The molecule has 4 nitrogen and oxygen atoms in total. The van der Waals surface area contributed by atoms with Crippen LogP contribution in [-0.4, -0.2) is 9.78 Å². The van der Waals surface area contributed by atoms with E-state index in [0.717, 1.165) is 22.6 Å². The molecule has 0 saturated heterocycles. The van der Waals surface area contributed by atoms with E-state index in [4.69, 9.17) is 5.26 Å². The number of rotatable bonds is 3. The molecular weight excluding hydrogens is 236 g/mol. The third-order valence-electron chi connectivity index (χ3n) is 3.49. The summed E-state index contributed by atoms with van der Waals surface area (Å²) in [4.78, 5) is 0. The van der Waals surface area contributed by atoms with E-state index in [1.165, 1.54) is 5.56 Å². The van der Waals surface area contributed by atoms with Crippen LogP contribution in [-0.2, 0) is 13.6 Å². The van der Waals surface area contributed by atoms with Crippen LogP contribution in [0, 0.1) is 32.1 Å². The first-order chi connectivity index (χ1) is 9.04. The zero-order chi connectivity index (χ0) is 14.0. The molecule has 0 atom stereocenters. The number of para-hydroxylation sites is 1. The molecule has 2 aromatic rings. The minimum Gasteiger partial charge on any atom is -0.380 e. The quantitative estimate of drug-likeness (QED) is 0.916. The topological polar surface area (TPSA) is 53.6 Å². The lowest BCUT2D eigenvalue weighted by molar-refractivity contribution is 0.730. The van der Waals surface area contributed by atoms with Gasteiger partial charge in [-0.25, -0.2) is 0 Å². The van der Waals surface area contributed by atoms with Crippen LogP contribution >= 0.6 is 0 Å². The number of nitrogens with zero attached hydrogens (tertiary/aromatic N) is 3. The lowest BCUT2D eigenvalue weighted by atomic mass is 10.1. The minimum absolute atomic E-state index is 0.680. The Balaban J connectivity index is 2.27. The molecule has 1 aromatic heterocycles. The largest absolute Gasteiger partial charge is 0.380 e. The Hall–Kier alpha value is -2.28. The second kappa shape index (κ2) is 5.15. The Labute approximate surface area is 113 Å². The molecule has 0 amide bonds. The standard InChI is InChI=1S/C15H18N4/c1-10-6-5-7-13(8-16)15(10)17-9-14-11(2)18-19(4)12(14)3/h5-7,17H,9H2,1-4H3. The van der Waals surface area contributed by atoms with Crippen LogP contribution in [0.3, 0.4) is 0 Å². The number of nitriles is 1. The molecule has 0 fully saturated rings. The van der Waals surface area contributed by atoms with E-state index in [1.807, 2.05) is 43.8 Å². The highest BCUT2D eigenvalue weighted by molar-refractivity contribution is 5.62. The van der Waals surface area contributed by atoms with Gasteiger partial charge in [0.15, 0.2) is 0 Å². The first-order valence-corrected chi connectivity index (χ1v) is 6.27. The summed E-state index contributed by atoms with van der Waals surface area (Å²) in [6.45, 7) is 6.75. The summed E-state index contributed by atoms with van der Waals surface area (Å²) >= 11 is 0. The van der Waals surface area contributed by atoms with E-state index in [-0.39, 0.29) is 0 Å². The maximum atomic E-state index is 9.15. The van der Waals surface area contributed by atoms with Gasteiger partial charge in [0.25, 0.3) is 0 Å². The van der Waals surface area contributed by atoms with Crippen LogP contribution in [0.25, 0.3) is 0 Å². The Morgan fingerprint density at radius 2 is 2.05 bits per heavy atom. The first kappa shape index (κ1) is 13.2. The predicted molar refractivity (Wildman–Crippen MR) is 75.9 cm³/mol. The fraction of sp³-hybridized carbons (Fsp3) is 0.333. The summed E-state index contributed by atoms with van der Waals surface area (Å²) in [5, 5.41) is 16.9. The van der Waals surface area contributed by atoms with Gasteiger partial charge in [-0.3, -0.25) is 4.68 Å². The van der Waals surface area contributed by atoms with Crippen molar-refractivity contribution in [2.24, 2.45) is 7.05 Å². The average molecular weight is 254 g/mol. The molecule has 0 saturated carbocycles. The van der Waals surface area contributed by atoms with Crippen LogP contribution in [0.4, 0.5) is 5.69 Å². The summed E-state index contributed by atoms with van der Waals surface area (Å²) in [6.07, 6.45) is 0. The van der Waals surface area contributed by atoms with Crippen molar-refractivity contribution in [2.45, 2.75) is 27.3 Å². The molecule has 1 heterocycles. The number of nitrogens with one attached hydrogen (secondary N) is 1. The summed E-state index contributed by atoms with van der Waals surface area (Å²) in [6, 6.07) is 7.96. The maximum Gasteiger partial charge on any atom is 0.101 e. The molecule has 1 aromatic carbocycles. The fourth-order valence-electron chi connectivity index (χ4n) is 2.25. The molecule has 4 heteroatoms. The summed E-state index contributed by atoms with van der Waals surface area (Å²) < 4.78 is 1.88. The third-order valence-corrected chi connectivity index (χ3v) is 3.49. The molecule has 0 radical (unpaired) electrons. The van der Waals surface area contributed by atoms with Gasteiger partial charge >= 0.3 is 0 Å². The molecule has 19 heavy (non-hydrogen) atoms. The molecule has 0 aliphatic carbocycles. The number of hydrogen-bond donors (Lipinski definition) is 1. The third kappa shape index (κ3) is 2.45. The molecular formula is C15H18N4. The van der Waals surface area contributed by atoms with Gasteiger partial charge in [-0.15, -0.1) is 0 Å². The van der Waals surface area contributed by atoms with E-state index in [2.05, 4.69) is 23.4 Å². The van der Waals surface area contributed by atoms with E-state index >= 15 is 0 Å². The Morgan fingerprint density at radius 1 is 1.32 bits per heavy atom. The highest BCUT2D eigenvalue weighted by Gasteiger charge is 2.10. The fourth-order valence-corrected chi connectivity index (χ4v) is 2.25. The summed E-state index contributed by atoms with van der Waals surface area (Å²) in [7, 11) is 1.94. The molecule has 0 spiro atoms. The molecule has 0 aliphatic rings. The molecule has 98 valence electrons. The van der Waals surface area contributed by atoms with E-state index < -0.39 is 0 Å². The zero-order valence-electron chi connectivity index (χ0n) is 11.8. The lowest BCUT2D eigenvalue weighted by Crippen LogP contribution is -2.05. The number of hydrogen-bond acceptors (Lipinski definition) is 3. The summed E-state index contributed by atoms with van der Waals surface area (Å²) in [5.41, 5.74) is 6.04. The number of benzene rings is 1. The van der Waals surface area contributed by atoms with Gasteiger partial charge in [-0.1, -0.05) is 12.1 Å². The van der Waals surface area contributed by atoms with E-state index in [0.29, 0.717) is 12.1 Å². The lowest BCUT2D eigenvalue weighted by Gasteiger charge is -2.11. The van der Waals surface area contributed by atoms with Crippen LogP contribution in [0.2, 0.25) is 0 Å². The van der Waals surface area contributed by atoms with E-state index in [1.54, 1.807) is 0 Å². The summed E-state index contributed by atoms with van der Waals surface area (Å²) in [5.74, 6) is 0. The molecule has 0 unspecified atom stereocenters. The second-order valence-corrected chi connectivity index (χ2v) is 4.74. The van der Waals surface area contributed by atoms with Crippen molar-refractivity contribution in [3.63, 3.8) is 0 Å². The van der Waals surface area contributed by atoms with Crippen molar-refractivity contribution in [2.75, 3.05) is 5.32 Å². The second-order valence-electron chi connectivity index (χ2n) is 4.74. The smallest absolute Gasteiger partial charge is 0.101 e. The van der Waals surface area contributed by atoms with Crippen molar-refractivity contribution < 1.29 is 0 Å². The normalized spacial score (nSPS) is 10.3. The van der Waals surface area contributed by atoms with Crippen molar-refractivity contribution in [3.05, 3.63) is 46.3 Å². The van der Waals surface area contributed by atoms with Gasteiger partial charge in [0.05, 0.1) is 16.9 Å². The Morgan fingerprint density at radius 3 is 2.63 bits per heavy atom. The van der Waals surface area contributed by atoms with Crippen molar-refractivity contribution in [1.29, 1.82) is 5.26 Å². The first-order valence-electron chi connectivity index (χ1n) is 6.27. The van der Waals surface area contributed by atoms with E-state index in [9.17, 15) is 0 Å².